The largest absolute Gasteiger partial charge is 0.236 e. The highest BCUT2D eigenvalue weighted by Crippen LogP contribution is 2.18. The molecule has 0 aliphatic carbocycles. The van der Waals surface area contributed by atoms with Gasteiger partial charge in [0.2, 0.25) is 0 Å². The summed E-state index contributed by atoms with van der Waals surface area (Å²) in [6.45, 7) is 2.10. The van der Waals surface area contributed by atoms with E-state index in [2.05, 4.69) is 16.9 Å². The van der Waals surface area contributed by atoms with Crippen molar-refractivity contribution in [2.75, 3.05) is 0 Å². The molecule has 2 rings (SSSR count). The number of halogens is 1. The number of rotatable bonds is 3. The summed E-state index contributed by atoms with van der Waals surface area (Å²) in [6.07, 6.45) is 5.54. The molecule has 0 aliphatic heterocycles. The van der Waals surface area contributed by atoms with Crippen LogP contribution in [0.15, 0.2) is 36.7 Å². The van der Waals surface area contributed by atoms with Gasteiger partial charge >= 0.3 is 0 Å². The second-order valence-electron chi connectivity index (χ2n) is 3.64. The molecule has 1 heterocycles. The molecule has 2 nitrogen and oxygen atoms in total. The molecule has 0 unspecified atom stereocenters. The molecule has 82 valence electrons. The van der Waals surface area contributed by atoms with Gasteiger partial charge in [-0.1, -0.05) is 25.5 Å². The molecule has 3 heteroatoms. The molecule has 0 amide bonds. The molecule has 0 radical (unpaired) electrons. The molecule has 2 aromatic rings. The molecular weight excluding hydrogens is 203 g/mol. The lowest BCUT2D eigenvalue weighted by molar-refractivity contribution is 0.630. The van der Waals surface area contributed by atoms with Crippen molar-refractivity contribution in [3.8, 4) is 11.4 Å². The average Bonchev–Trinajstić information content (AvgIpc) is 2.31. The van der Waals surface area contributed by atoms with E-state index in [9.17, 15) is 4.39 Å². The lowest BCUT2D eigenvalue weighted by atomic mass is 10.2. The number of aryl methyl sites for hydroxylation is 1. The number of benzene rings is 1. The first kappa shape index (κ1) is 10.7. The Morgan fingerprint density at radius 3 is 2.44 bits per heavy atom. The molecule has 0 atom stereocenters. The maximum atomic E-state index is 13.4. The van der Waals surface area contributed by atoms with E-state index in [-0.39, 0.29) is 5.82 Å². The van der Waals surface area contributed by atoms with E-state index in [1.807, 2.05) is 0 Å². The highest BCUT2D eigenvalue weighted by molar-refractivity contribution is 5.55. The molecular formula is C13H13FN2. The maximum Gasteiger partial charge on any atom is 0.162 e. The van der Waals surface area contributed by atoms with Crippen LogP contribution < -0.4 is 0 Å². The highest BCUT2D eigenvalue weighted by atomic mass is 19.1. The Hall–Kier alpha value is -1.77. The van der Waals surface area contributed by atoms with Gasteiger partial charge < -0.3 is 0 Å². The molecule has 0 aliphatic rings. The van der Waals surface area contributed by atoms with Crippen LogP contribution in [0, 0.1) is 5.82 Å². The molecule has 0 fully saturated rings. The predicted octanol–water partition coefficient (Wildman–Crippen LogP) is 3.24. The zero-order valence-corrected chi connectivity index (χ0v) is 9.15. The Morgan fingerprint density at radius 2 is 1.81 bits per heavy atom. The van der Waals surface area contributed by atoms with Crippen molar-refractivity contribution < 1.29 is 4.39 Å². The van der Waals surface area contributed by atoms with Gasteiger partial charge in [0.15, 0.2) is 5.82 Å². The predicted molar refractivity (Wildman–Crippen MR) is 61.4 cm³/mol. The summed E-state index contributed by atoms with van der Waals surface area (Å²) < 4.78 is 13.4. The molecule has 0 saturated heterocycles. The summed E-state index contributed by atoms with van der Waals surface area (Å²) in [5, 5.41) is 0. The van der Waals surface area contributed by atoms with Crippen molar-refractivity contribution >= 4 is 0 Å². The fraction of sp³-hybridized carbons (Fsp3) is 0.231. The van der Waals surface area contributed by atoms with Gasteiger partial charge in [0, 0.05) is 12.4 Å². The fourth-order valence-corrected chi connectivity index (χ4v) is 1.55. The zero-order chi connectivity index (χ0) is 11.4. The summed E-state index contributed by atoms with van der Waals surface area (Å²) in [5.41, 5.74) is 1.54. The molecule has 0 N–H and O–H groups in total. The Labute approximate surface area is 94.2 Å². The molecule has 0 saturated carbocycles. The van der Waals surface area contributed by atoms with Crippen LogP contribution in [0.5, 0.6) is 0 Å². The van der Waals surface area contributed by atoms with Crippen molar-refractivity contribution in [1.29, 1.82) is 0 Å². The Bertz CT molecular complexity index is 466. The second kappa shape index (κ2) is 4.84. The average molecular weight is 216 g/mol. The summed E-state index contributed by atoms with van der Waals surface area (Å²) in [7, 11) is 0. The van der Waals surface area contributed by atoms with Gasteiger partial charge in [0.1, 0.15) is 5.82 Å². The SMILES string of the molecule is CCCc1cnc(-c2ccccc2F)nc1. The highest BCUT2D eigenvalue weighted by Gasteiger charge is 2.06. The monoisotopic (exact) mass is 216 g/mol. The topological polar surface area (TPSA) is 25.8 Å². The van der Waals surface area contributed by atoms with Gasteiger partial charge in [-0.3, -0.25) is 0 Å². The van der Waals surface area contributed by atoms with Crippen molar-refractivity contribution in [3.63, 3.8) is 0 Å². The smallest absolute Gasteiger partial charge is 0.162 e. The number of hydrogen-bond acceptors (Lipinski definition) is 2. The van der Waals surface area contributed by atoms with Crippen LogP contribution in [0.4, 0.5) is 4.39 Å². The van der Waals surface area contributed by atoms with Gasteiger partial charge in [-0.15, -0.1) is 0 Å². The van der Waals surface area contributed by atoms with Crippen LogP contribution in [0.3, 0.4) is 0 Å². The number of nitrogens with zero attached hydrogens (tertiary/aromatic N) is 2. The summed E-state index contributed by atoms with van der Waals surface area (Å²) >= 11 is 0. The van der Waals surface area contributed by atoms with Crippen molar-refractivity contribution in [1.82, 2.24) is 9.97 Å². The first-order valence-electron chi connectivity index (χ1n) is 5.37. The van der Waals surface area contributed by atoms with E-state index in [1.54, 1.807) is 30.6 Å². The third-order valence-electron chi connectivity index (χ3n) is 2.36. The third-order valence-corrected chi connectivity index (χ3v) is 2.36. The van der Waals surface area contributed by atoms with Crippen LogP contribution in [0.2, 0.25) is 0 Å². The van der Waals surface area contributed by atoms with E-state index in [0.717, 1.165) is 18.4 Å². The van der Waals surface area contributed by atoms with Gasteiger partial charge in [-0.25, -0.2) is 14.4 Å². The standard InChI is InChI=1S/C13H13FN2/c1-2-5-10-8-15-13(16-9-10)11-6-3-4-7-12(11)14/h3-4,6-9H,2,5H2,1H3. The molecule has 1 aromatic carbocycles. The minimum atomic E-state index is -0.286. The van der Waals surface area contributed by atoms with Crippen LogP contribution in [0.1, 0.15) is 18.9 Å². The van der Waals surface area contributed by atoms with Gasteiger partial charge in [0.25, 0.3) is 0 Å². The quantitative estimate of drug-likeness (QED) is 0.787. The van der Waals surface area contributed by atoms with Crippen LogP contribution in [-0.4, -0.2) is 9.97 Å². The number of aromatic nitrogens is 2. The first-order chi connectivity index (χ1) is 7.81. The van der Waals surface area contributed by atoms with E-state index < -0.39 is 0 Å². The zero-order valence-electron chi connectivity index (χ0n) is 9.15. The third kappa shape index (κ3) is 2.24. The van der Waals surface area contributed by atoms with Gasteiger partial charge in [-0.05, 0) is 24.1 Å². The number of hydrogen-bond donors (Lipinski definition) is 0. The van der Waals surface area contributed by atoms with E-state index in [1.165, 1.54) is 6.07 Å². The second-order valence-corrected chi connectivity index (χ2v) is 3.64. The lowest BCUT2D eigenvalue weighted by Gasteiger charge is -2.02. The van der Waals surface area contributed by atoms with E-state index in [4.69, 9.17) is 0 Å². The minimum Gasteiger partial charge on any atom is -0.236 e. The summed E-state index contributed by atoms with van der Waals surface area (Å²) in [5.74, 6) is 0.156. The summed E-state index contributed by atoms with van der Waals surface area (Å²) in [6, 6.07) is 6.54. The van der Waals surface area contributed by atoms with Gasteiger partial charge in [-0.2, -0.15) is 0 Å². The molecule has 16 heavy (non-hydrogen) atoms. The molecule has 0 bridgehead atoms. The lowest BCUT2D eigenvalue weighted by Crippen LogP contribution is -1.94. The van der Waals surface area contributed by atoms with Gasteiger partial charge in [0.05, 0.1) is 5.56 Å². The van der Waals surface area contributed by atoms with Crippen LogP contribution >= 0.6 is 0 Å². The molecule has 1 aromatic heterocycles. The van der Waals surface area contributed by atoms with E-state index in [0.29, 0.717) is 11.4 Å². The minimum absolute atomic E-state index is 0.286. The van der Waals surface area contributed by atoms with E-state index >= 15 is 0 Å². The Balaban J connectivity index is 2.31. The van der Waals surface area contributed by atoms with Crippen LogP contribution in [-0.2, 0) is 6.42 Å². The molecule has 0 spiro atoms. The summed E-state index contributed by atoms with van der Waals surface area (Å²) in [4.78, 5) is 8.35. The van der Waals surface area contributed by atoms with Crippen molar-refractivity contribution in [2.45, 2.75) is 19.8 Å². The maximum absolute atomic E-state index is 13.4. The van der Waals surface area contributed by atoms with Crippen LogP contribution in [0.25, 0.3) is 11.4 Å². The van der Waals surface area contributed by atoms with Crippen molar-refractivity contribution in [2.24, 2.45) is 0 Å². The Kier molecular flexibility index (Phi) is 3.25. The normalized spacial score (nSPS) is 10.4. The fourth-order valence-electron chi connectivity index (χ4n) is 1.55. The Morgan fingerprint density at radius 1 is 1.12 bits per heavy atom. The first-order valence-corrected chi connectivity index (χ1v) is 5.37. The van der Waals surface area contributed by atoms with Crippen molar-refractivity contribution in [3.05, 3.63) is 48.0 Å².